The first-order valence-electron chi connectivity index (χ1n) is 5.78. The van der Waals surface area contributed by atoms with Crippen LogP contribution in [0.3, 0.4) is 0 Å². The highest BCUT2D eigenvalue weighted by Crippen LogP contribution is 2.31. The number of aryl methyl sites for hydroxylation is 1. The summed E-state index contributed by atoms with van der Waals surface area (Å²) in [4.78, 5) is 18.4. The summed E-state index contributed by atoms with van der Waals surface area (Å²) in [5.41, 5.74) is 2.38. The monoisotopic (exact) mass is 288 g/mol. The van der Waals surface area contributed by atoms with Gasteiger partial charge in [-0.1, -0.05) is 0 Å². The summed E-state index contributed by atoms with van der Waals surface area (Å²) in [6.45, 7) is 0. The summed E-state index contributed by atoms with van der Waals surface area (Å²) in [6, 6.07) is 6.50. The summed E-state index contributed by atoms with van der Waals surface area (Å²) in [7, 11) is 1.83. The molecule has 7 heteroatoms. The molecule has 0 spiro atoms. The third-order valence-corrected chi connectivity index (χ3v) is 3.27. The van der Waals surface area contributed by atoms with Gasteiger partial charge in [0.05, 0.1) is 16.1 Å². The Labute approximate surface area is 118 Å². The molecule has 0 amide bonds. The van der Waals surface area contributed by atoms with Gasteiger partial charge in [-0.25, -0.2) is 9.97 Å². The molecule has 0 aliphatic carbocycles. The van der Waals surface area contributed by atoms with Crippen LogP contribution in [0.4, 0.5) is 5.69 Å². The molecule has 0 aliphatic heterocycles. The highest BCUT2D eigenvalue weighted by Gasteiger charge is 2.14. The number of halogens is 1. The number of rotatable bonds is 2. The van der Waals surface area contributed by atoms with E-state index >= 15 is 0 Å². The zero-order chi connectivity index (χ0) is 14.3. The standard InChI is InChI=1S/C13H9ClN4O2/c1-17-7-10(11-4-5-15-13(14)16-11)9-3-2-8(18(19)20)6-12(9)17/h2-7H,1H3. The Kier molecular flexibility index (Phi) is 2.87. The molecule has 0 N–H and O–H groups in total. The number of nitro groups is 1. The van der Waals surface area contributed by atoms with Crippen LogP contribution in [0, 0.1) is 10.1 Å². The van der Waals surface area contributed by atoms with Gasteiger partial charge in [0.1, 0.15) is 0 Å². The van der Waals surface area contributed by atoms with Crippen LogP contribution in [-0.2, 0) is 7.05 Å². The maximum Gasteiger partial charge on any atom is 0.271 e. The van der Waals surface area contributed by atoms with Gasteiger partial charge < -0.3 is 4.57 Å². The van der Waals surface area contributed by atoms with Gasteiger partial charge >= 0.3 is 0 Å². The van der Waals surface area contributed by atoms with Gasteiger partial charge in [-0.2, -0.15) is 0 Å². The van der Waals surface area contributed by atoms with Crippen LogP contribution in [0.25, 0.3) is 22.2 Å². The average molecular weight is 289 g/mol. The molecule has 20 heavy (non-hydrogen) atoms. The Bertz CT molecular complexity index is 828. The van der Waals surface area contributed by atoms with Crippen molar-refractivity contribution in [2.75, 3.05) is 0 Å². The third kappa shape index (κ3) is 2.00. The van der Waals surface area contributed by atoms with Crippen LogP contribution < -0.4 is 0 Å². The van der Waals surface area contributed by atoms with E-state index in [1.165, 1.54) is 6.07 Å². The van der Waals surface area contributed by atoms with E-state index in [1.807, 2.05) is 17.8 Å². The van der Waals surface area contributed by atoms with Crippen LogP contribution in [-0.4, -0.2) is 19.5 Å². The molecule has 0 saturated heterocycles. The molecule has 0 fully saturated rings. The minimum atomic E-state index is -0.409. The van der Waals surface area contributed by atoms with Crippen molar-refractivity contribution >= 4 is 28.2 Å². The maximum absolute atomic E-state index is 10.8. The second-order valence-electron chi connectivity index (χ2n) is 4.32. The molecule has 2 heterocycles. The van der Waals surface area contributed by atoms with Gasteiger partial charge in [0.25, 0.3) is 5.69 Å². The van der Waals surface area contributed by atoms with Crippen molar-refractivity contribution in [1.82, 2.24) is 14.5 Å². The number of hydrogen-bond acceptors (Lipinski definition) is 4. The molecule has 2 aromatic heterocycles. The Hall–Kier alpha value is -2.47. The predicted octanol–water partition coefficient (Wildman–Crippen LogP) is 3.20. The fraction of sp³-hybridized carbons (Fsp3) is 0.0769. The van der Waals surface area contributed by atoms with E-state index in [-0.39, 0.29) is 11.0 Å². The fourth-order valence-corrected chi connectivity index (χ4v) is 2.32. The first-order valence-corrected chi connectivity index (χ1v) is 6.16. The normalized spacial score (nSPS) is 10.9. The molecule has 0 atom stereocenters. The van der Waals surface area contributed by atoms with Crippen LogP contribution in [0.15, 0.2) is 36.7 Å². The van der Waals surface area contributed by atoms with Crippen molar-refractivity contribution in [3.05, 3.63) is 52.1 Å². The van der Waals surface area contributed by atoms with Gasteiger partial charge in [0, 0.05) is 42.5 Å². The van der Waals surface area contributed by atoms with Crippen LogP contribution >= 0.6 is 11.6 Å². The van der Waals surface area contributed by atoms with E-state index in [2.05, 4.69) is 9.97 Å². The van der Waals surface area contributed by atoms with Crippen LogP contribution in [0.1, 0.15) is 0 Å². The number of nitro benzene ring substituents is 1. The zero-order valence-corrected chi connectivity index (χ0v) is 11.2. The van der Waals surface area contributed by atoms with E-state index < -0.39 is 4.92 Å². The highest BCUT2D eigenvalue weighted by molar-refractivity contribution is 6.28. The van der Waals surface area contributed by atoms with E-state index in [0.717, 1.165) is 16.5 Å². The van der Waals surface area contributed by atoms with Crippen molar-refractivity contribution in [3.8, 4) is 11.3 Å². The second kappa shape index (κ2) is 4.57. The van der Waals surface area contributed by atoms with Crippen molar-refractivity contribution in [1.29, 1.82) is 0 Å². The SMILES string of the molecule is Cn1cc(-c2ccnc(Cl)n2)c2ccc([N+](=O)[O-])cc21. The minimum Gasteiger partial charge on any atom is -0.350 e. The number of non-ortho nitro benzene ring substituents is 1. The molecule has 1 aromatic carbocycles. The minimum absolute atomic E-state index is 0.0611. The fourth-order valence-electron chi connectivity index (χ4n) is 2.17. The molecule has 3 rings (SSSR count). The van der Waals surface area contributed by atoms with E-state index in [0.29, 0.717) is 5.69 Å². The number of hydrogen-bond donors (Lipinski definition) is 0. The first-order chi connectivity index (χ1) is 9.56. The van der Waals surface area contributed by atoms with Gasteiger partial charge in [0.15, 0.2) is 0 Å². The maximum atomic E-state index is 10.8. The average Bonchev–Trinajstić information content (AvgIpc) is 2.76. The largest absolute Gasteiger partial charge is 0.350 e. The molecule has 0 unspecified atom stereocenters. The Morgan fingerprint density at radius 2 is 2.15 bits per heavy atom. The Morgan fingerprint density at radius 1 is 1.35 bits per heavy atom. The lowest BCUT2D eigenvalue weighted by molar-refractivity contribution is -0.384. The molecule has 0 radical (unpaired) electrons. The summed E-state index contributed by atoms with van der Waals surface area (Å²) >= 11 is 5.80. The third-order valence-electron chi connectivity index (χ3n) is 3.09. The van der Waals surface area contributed by atoms with Crippen molar-refractivity contribution in [2.24, 2.45) is 7.05 Å². The van der Waals surface area contributed by atoms with Gasteiger partial charge in [0.2, 0.25) is 5.28 Å². The van der Waals surface area contributed by atoms with Crippen molar-refractivity contribution in [3.63, 3.8) is 0 Å². The number of fused-ring (bicyclic) bond motifs is 1. The van der Waals surface area contributed by atoms with Gasteiger partial charge in [-0.15, -0.1) is 0 Å². The molecule has 0 bridgehead atoms. The predicted molar refractivity (Wildman–Crippen MR) is 75.6 cm³/mol. The zero-order valence-electron chi connectivity index (χ0n) is 10.4. The van der Waals surface area contributed by atoms with Crippen LogP contribution in [0.2, 0.25) is 5.28 Å². The second-order valence-corrected chi connectivity index (χ2v) is 4.66. The van der Waals surface area contributed by atoms with E-state index in [1.54, 1.807) is 24.4 Å². The number of benzene rings is 1. The summed E-state index contributed by atoms with van der Waals surface area (Å²) in [5, 5.41) is 11.9. The molecule has 3 aromatic rings. The van der Waals surface area contributed by atoms with Gasteiger partial charge in [-0.3, -0.25) is 10.1 Å². The molecule has 0 saturated carbocycles. The molecule has 6 nitrogen and oxygen atoms in total. The summed E-state index contributed by atoms with van der Waals surface area (Å²) in [5.74, 6) is 0. The molecular weight excluding hydrogens is 280 g/mol. The highest BCUT2D eigenvalue weighted by atomic mass is 35.5. The quantitative estimate of drug-likeness (QED) is 0.412. The lowest BCUT2D eigenvalue weighted by Gasteiger charge is -1.99. The van der Waals surface area contributed by atoms with E-state index in [4.69, 9.17) is 11.6 Å². The van der Waals surface area contributed by atoms with E-state index in [9.17, 15) is 10.1 Å². The molecular formula is C13H9ClN4O2. The lowest BCUT2D eigenvalue weighted by Crippen LogP contribution is -1.89. The lowest BCUT2D eigenvalue weighted by atomic mass is 10.1. The molecule has 0 aliphatic rings. The number of nitrogens with zero attached hydrogens (tertiary/aromatic N) is 4. The van der Waals surface area contributed by atoms with Crippen LogP contribution in [0.5, 0.6) is 0 Å². The van der Waals surface area contributed by atoms with Gasteiger partial charge in [-0.05, 0) is 23.7 Å². The molecule has 100 valence electrons. The number of aromatic nitrogens is 3. The smallest absolute Gasteiger partial charge is 0.271 e. The first kappa shape index (κ1) is 12.6. The summed E-state index contributed by atoms with van der Waals surface area (Å²) < 4.78 is 1.83. The van der Waals surface area contributed by atoms with Crippen molar-refractivity contribution < 1.29 is 4.92 Å². The Balaban J connectivity index is 2.25. The van der Waals surface area contributed by atoms with Crippen molar-refractivity contribution in [2.45, 2.75) is 0 Å². The Morgan fingerprint density at radius 3 is 2.85 bits per heavy atom. The summed E-state index contributed by atoms with van der Waals surface area (Å²) in [6.07, 6.45) is 3.45. The topological polar surface area (TPSA) is 73.8 Å².